The van der Waals surface area contributed by atoms with Gasteiger partial charge in [-0.15, -0.1) is 10.2 Å². The number of pyridine rings is 1. The SMILES string of the molecule is Nc1ncc(-c2cnn(C3CCNCC3)c2)cc1-c1nnc(C2CCCCC2)o1. The average molecular weight is 393 g/mol. The van der Waals surface area contributed by atoms with Gasteiger partial charge in [0.1, 0.15) is 5.82 Å². The number of nitrogen functional groups attached to an aromatic ring is 1. The third kappa shape index (κ3) is 3.76. The number of nitrogens with one attached hydrogen (secondary N) is 1. The summed E-state index contributed by atoms with van der Waals surface area (Å²) >= 11 is 0. The van der Waals surface area contributed by atoms with Crippen LogP contribution in [0.4, 0.5) is 5.82 Å². The highest BCUT2D eigenvalue weighted by Gasteiger charge is 2.23. The maximum Gasteiger partial charge on any atom is 0.251 e. The first-order valence-corrected chi connectivity index (χ1v) is 10.6. The molecule has 1 saturated heterocycles. The summed E-state index contributed by atoms with van der Waals surface area (Å²) in [5.74, 6) is 1.94. The number of hydrogen-bond acceptors (Lipinski definition) is 7. The van der Waals surface area contributed by atoms with E-state index in [0.717, 1.165) is 55.8 Å². The van der Waals surface area contributed by atoms with E-state index in [1.807, 2.05) is 12.3 Å². The van der Waals surface area contributed by atoms with Crippen LogP contribution in [0, 0.1) is 0 Å². The van der Waals surface area contributed by atoms with Crippen LogP contribution in [0.3, 0.4) is 0 Å². The van der Waals surface area contributed by atoms with E-state index < -0.39 is 0 Å². The van der Waals surface area contributed by atoms with Gasteiger partial charge in [-0.2, -0.15) is 5.10 Å². The van der Waals surface area contributed by atoms with Crippen LogP contribution in [0.15, 0.2) is 29.1 Å². The van der Waals surface area contributed by atoms with Crippen molar-refractivity contribution in [2.75, 3.05) is 18.8 Å². The zero-order chi connectivity index (χ0) is 19.6. The Labute approximate surface area is 169 Å². The van der Waals surface area contributed by atoms with Crippen LogP contribution in [0.25, 0.3) is 22.6 Å². The molecule has 3 N–H and O–H groups in total. The van der Waals surface area contributed by atoms with Crippen molar-refractivity contribution in [1.82, 2.24) is 30.3 Å². The number of anilines is 1. The molecule has 8 heteroatoms. The molecule has 3 aromatic rings. The fraction of sp³-hybridized carbons (Fsp3) is 0.524. The molecule has 2 fully saturated rings. The van der Waals surface area contributed by atoms with E-state index in [1.165, 1.54) is 19.3 Å². The Morgan fingerprint density at radius 2 is 1.83 bits per heavy atom. The van der Waals surface area contributed by atoms with Crippen LogP contribution < -0.4 is 11.1 Å². The molecule has 29 heavy (non-hydrogen) atoms. The van der Waals surface area contributed by atoms with Crippen molar-refractivity contribution in [1.29, 1.82) is 0 Å². The molecular weight excluding hydrogens is 366 g/mol. The van der Waals surface area contributed by atoms with E-state index in [9.17, 15) is 0 Å². The number of nitrogens with two attached hydrogens (primary N) is 1. The topological polar surface area (TPSA) is 108 Å². The molecule has 0 atom stereocenters. The Kier molecular flexibility index (Phi) is 5.01. The van der Waals surface area contributed by atoms with Crippen molar-refractivity contribution in [3.63, 3.8) is 0 Å². The van der Waals surface area contributed by atoms with Gasteiger partial charge in [0.15, 0.2) is 0 Å². The Morgan fingerprint density at radius 3 is 2.66 bits per heavy atom. The number of piperidine rings is 1. The molecule has 152 valence electrons. The first kappa shape index (κ1) is 18.3. The number of aromatic nitrogens is 5. The lowest BCUT2D eigenvalue weighted by Crippen LogP contribution is -2.29. The van der Waals surface area contributed by atoms with Crippen molar-refractivity contribution in [3.8, 4) is 22.6 Å². The minimum Gasteiger partial charge on any atom is -0.420 e. The summed E-state index contributed by atoms with van der Waals surface area (Å²) in [4.78, 5) is 4.38. The number of rotatable bonds is 4. The molecule has 0 amide bonds. The maximum atomic E-state index is 6.14. The van der Waals surface area contributed by atoms with Gasteiger partial charge < -0.3 is 15.5 Å². The molecule has 0 unspecified atom stereocenters. The molecule has 0 spiro atoms. The van der Waals surface area contributed by atoms with Gasteiger partial charge >= 0.3 is 0 Å². The molecule has 0 aromatic carbocycles. The molecule has 1 aliphatic heterocycles. The van der Waals surface area contributed by atoms with Gasteiger partial charge in [-0.3, -0.25) is 4.68 Å². The third-order valence-electron chi connectivity index (χ3n) is 6.16. The summed E-state index contributed by atoms with van der Waals surface area (Å²) in [5, 5.41) is 16.6. The molecule has 5 rings (SSSR count). The minimum absolute atomic E-state index is 0.366. The van der Waals surface area contributed by atoms with E-state index in [4.69, 9.17) is 10.2 Å². The standard InChI is InChI=1S/C21H27N7O/c22-19-18(21-27-26-20(29-21)14-4-2-1-3-5-14)10-15(11-24-19)16-12-25-28(13-16)17-6-8-23-9-7-17/h10-14,17,23H,1-9H2,(H2,22,24). The van der Waals surface area contributed by atoms with Crippen LogP contribution in [-0.2, 0) is 0 Å². The van der Waals surface area contributed by atoms with Gasteiger partial charge in [-0.05, 0) is 44.8 Å². The molecule has 0 radical (unpaired) electrons. The largest absolute Gasteiger partial charge is 0.420 e. The van der Waals surface area contributed by atoms with Crippen molar-refractivity contribution in [3.05, 3.63) is 30.5 Å². The molecule has 8 nitrogen and oxygen atoms in total. The molecule has 1 saturated carbocycles. The Balaban J connectivity index is 1.40. The number of nitrogens with zero attached hydrogens (tertiary/aromatic N) is 5. The first-order chi connectivity index (χ1) is 14.3. The smallest absolute Gasteiger partial charge is 0.251 e. The summed E-state index contributed by atoms with van der Waals surface area (Å²) in [6.07, 6.45) is 13.9. The van der Waals surface area contributed by atoms with E-state index >= 15 is 0 Å². The first-order valence-electron chi connectivity index (χ1n) is 10.6. The van der Waals surface area contributed by atoms with Crippen molar-refractivity contribution in [2.24, 2.45) is 0 Å². The van der Waals surface area contributed by atoms with Gasteiger partial charge in [0.05, 0.1) is 17.8 Å². The summed E-state index contributed by atoms with van der Waals surface area (Å²) in [6, 6.07) is 2.42. The van der Waals surface area contributed by atoms with Crippen molar-refractivity contribution >= 4 is 5.82 Å². The van der Waals surface area contributed by atoms with Crippen molar-refractivity contribution < 1.29 is 4.42 Å². The van der Waals surface area contributed by atoms with E-state index in [1.54, 1.807) is 6.20 Å². The van der Waals surface area contributed by atoms with Crippen molar-refractivity contribution in [2.45, 2.75) is 56.9 Å². The van der Waals surface area contributed by atoms with Crippen LogP contribution in [0.2, 0.25) is 0 Å². The quantitative estimate of drug-likeness (QED) is 0.698. The fourth-order valence-electron chi connectivity index (χ4n) is 4.42. The normalized spacial score (nSPS) is 18.9. The lowest BCUT2D eigenvalue weighted by Gasteiger charge is -2.22. The zero-order valence-corrected chi connectivity index (χ0v) is 16.5. The highest BCUT2D eigenvalue weighted by Crippen LogP contribution is 2.35. The monoisotopic (exact) mass is 393 g/mol. The maximum absolute atomic E-state index is 6.14. The second-order valence-electron chi connectivity index (χ2n) is 8.13. The highest BCUT2D eigenvalue weighted by molar-refractivity contribution is 5.74. The summed E-state index contributed by atoms with van der Waals surface area (Å²) in [7, 11) is 0. The Bertz CT molecular complexity index is 967. The summed E-state index contributed by atoms with van der Waals surface area (Å²) in [5.41, 5.74) is 8.80. The van der Waals surface area contributed by atoms with Gasteiger partial charge in [0, 0.05) is 29.4 Å². The van der Waals surface area contributed by atoms with Crippen LogP contribution in [0.5, 0.6) is 0 Å². The van der Waals surface area contributed by atoms with Crippen LogP contribution in [0.1, 0.15) is 62.8 Å². The van der Waals surface area contributed by atoms with E-state index in [0.29, 0.717) is 29.2 Å². The van der Waals surface area contributed by atoms with Gasteiger partial charge in [0.25, 0.3) is 5.89 Å². The molecule has 1 aliphatic carbocycles. The predicted molar refractivity (Wildman–Crippen MR) is 110 cm³/mol. The van der Waals surface area contributed by atoms with Gasteiger partial charge in [-0.25, -0.2) is 4.98 Å². The van der Waals surface area contributed by atoms with Crippen LogP contribution >= 0.6 is 0 Å². The van der Waals surface area contributed by atoms with Gasteiger partial charge in [0.2, 0.25) is 5.89 Å². The average Bonchev–Trinajstić information content (AvgIpc) is 3.46. The summed E-state index contributed by atoms with van der Waals surface area (Å²) < 4.78 is 8.08. The fourth-order valence-corrected chi connectivity index (χ4v) is 4.42. The second-order valence-corrected chi connectivity index (χ2v) is 8.13. The third-order valence-corrected chi connectivity index (χ3v) is 6.16. The van der Waals surface area contributed by atoms with E-state index in [-0.39, 0.29) is 0 Å². The molecule has 2 aliphatic rings. The molecule has 0 bridgehead atoms. The van der Waals surface area contributed by atoms with Gasteiger partial charge in [-0.1, -0.05) is 19.3 Å². The zero-order valence-electron chi connectivity index (χ0n) is 16.5. The lowest BCUT2D eigenvalue weighted by atomic mass is 9.89. The molecular formula is C21H27N7O. The Hall–Kier alpha value is -2.74. The Morgan fingerprint density at radius 1 is 1.00 bits per heavy atom. The predicted octanol–water partition coefficient (Wildman–Crippen LogP) is 3.55. The van der Waals surface area contributed by atoms with E-state index in [2.05, 4.69) is 36.5 Å². The second kappa shape index (κ2) is 7.94. The van der Waals surface area contributed by atoms with Crippen LogP contribution in [-0.4, -0.2) is 38.1 Å². The number of hydrogen-bond donors (Lipinski definition) is 2. The minimum atomic E-state index is 0.366. The highest BCUT2D eigenvalue weighted by atomic mass is 16.4. The lowest BCUT2D eigenvalue weighted by molar-refractivity contribution is 0.343. The molecule has 3 aromatic heterocycles. The summed E-state index contributed by atoms with van der Waals surface area (Å²) in [6.45, 7) is 2.07. The molecule has 4 heterocycles.